The number of rotatable bonds is 8. The van der Waals surface area contributed by atoms with E-state index in [1.807, 2.05) is 43.1 Å². The summed E-state index contributed by atoms with van der Waals surface area (Å²) < 4.78 is 5.63. The highest BCUT2D eigenvalue weighted by Gasteiger charge is 2.07. The molecule has 19 heavy (non-hydrogen) atoms. The zero-order chi connectivity index (χ0) is 14.1. The highest BCUT2D eigenvalue weighted by Crippen LogP contribution is 2.12. The standard InChI is InChI=1S/C16H25NO2/c1-4-5-11-17(3)16(18)10-7-12-19-15-9-6-8-14(2)13-15/h6,8-9,13H,4-5,7,10-12H2,1-3H3. The summed E-state index contributed by atoms with van der Waals surface area (Å²) >= 11 is 0. The van der Waals surface area contributed by atoms with Gasteiger partial charge in [0.25, 0.3) is 0 Å². The number of ether oxygens (including phenoxy) is 1. The smallest absolute Gasteiger partial charge is 0.222 e. The van der Waals surface area contributed by atoms with E-state index in [1.54, 1.807) is 0 Å². The molecular formula is C16H25NO2. The Morgan fingerprint density at radius 2 is 2.11 bits per heavy atom. The van der Waals surface area contributed by atoms with Crippen molar-refractivity contribution >= 4 is 5.91 Å². The number of amides is 1. The average molecular weight is 263 g/mol. The van der Waals surface area contributed by atoms with E-state index < -0.39 is 0 Å². The first kappa shape index (κ1) is 15.5. The van der Waals surface area contributed by atoms with Crippen LogP contribution in [-0.4, -0.2) is 31.0 Å². The van der Waals surface area contributed by atoms with Crippen LogP contribution in [0, 0.1) is 6.92 Å². The molecule has 1 amide bonds. The van der Waals surface area contributed by atoms with Crippen molar-refractivity contribution in [3.63, 3.8) is 0 Å². The second-order valence-electron chi connectivity index (χ2n) is 4.94. The van der Waals surface area contributed by atoms with Crippen LogP contribution in [0.25, 0.3) is 0 Å². The molecule has 0 aliphatic heterocycles. The van der Waals surface area contributed by atoms with Gasteiger partial charge in [-0.15, -0.1) is 0 Å². The number of carbonyl (C=O) groups excluding carboxylic acids is 1. The van der Waals surface area contributed by atoms with Crippen LogP contribution < -0.4 is 4.74 Å². The molecule has 0 unspecified atom stereocenters. The van der Waals surface area contributed by atoms with Gasteiger partial charge in [-0.1, -0.05) is 25.5 Å². The van der Waals surface area contributed by atoms with Crippen molar-refractivity contribution < 1.29 is 9.53 Å². The van der Waals surface area contributed by atoms with E-state index in [-0.39, 0.29) is 5.91 Å². The van der Waals surface area contributed by atoms with Gasteiger partial charge >= 0.3 is 0 Å². The summed E-state index contributed by atoms with van der Waals surface area (Å²) in [6.45, 7) is 5.62. The van der Waals surface area contributed by atoms with E-state index in [0.717, 1.165) is 31.6 Å². The lowest BCUT2D eigenvalue weighted by Gasteiger charge is -2.16. The molecule has 3 nitrogen and oxygen atoms in total. The van der Waals surface area contributed by atoms with Gasteiger partial charge in [0.05, 0.1) is 6.61 Å². The molecule has 0 heterocycles. The molecule has 0 bridgehead atoms. The molecule has 0 saturated heterocycles. The predicted octanol–water partition coefficient (Wildman–Crippen LogP) is 3.41. The highest BCUT2D eigenvalue weighted by atomic mass is 16.5. The normalized spacial score (nSPS) is 10.3. The molecule has 0 aliphatic rings. The van der Waals surface area contributed by atoms with Crippen molar-refractivity contribution in [3.05, 3.63) is 29.8 Å². The van der Waals surface area contributed by atoms with Crippen LogP contribution in [0.5, 0.6) is 5.75 Å². The maximum absolute atomic E-state index is 11.8. The molecule has 106 valence electrons. The number of unbranched alkanes of at least 4 members (excludes halogenated alkanes) is 1. The minimum absolute atomic E-state index is 0.210. The van der Waals surface area contributed by atoms with Crippen molar-refractivity contribution in [2.24, 2.45) is 0 Å². The van der Waals surface area contributed by atoms with Gasteiger partial charge in [0.15, 0.2) is 0 Å². The zero-order valence-electron chi connectivity index (χ0n) is 12.3. The fourth-order valence-corrected chi connectivity index (χ4v) is 1.83. The summed E-state index contributed by atoms with van der Waals surface area (Å²) in [5.41, 5.74) is 1.19. The summed E-state index contributed by atoms with van der Waals surface area (Å²) in [5, 5.41) is 0. The van der Waals surface area contributed by atoms with E-state index >= 15 is 0 Å². The minimum Gasteiger partial charge on any atom is -0.494 e. The van der Waals surface area contributed by atoms with Gasteiger partial charge < -0.3 is 9.64 Å². The van der Waals surface area contributed by atoms with Gasteiger partial charge in [-0.25, -0.2) is 0 Å². The zero-order valence-corrected chi connectivity index (χ0v) is 12.3. The molecule has 0 aliphatic carbocycles. The monoisotopic (exact) mass is 263 g/mol. The summed E-state index contributed by atoms with van der Waals surface area (Å²) in [6, 6.07) is 7.98. The largest absolute Gasteiger partial charge is 0.494 e. The topological polar surface area (TPSA) is 29.5 Å². The second-order valence-corrected chi connectivity index (χ2v) is 4.94. The molecule has 0 N–H and O–H groups in total. The third-order valence-corrected chi connectivity index (χ3v) is 3.07. The van der Waals surface area contributed by atoms with Crippen LogP contribution in [0.15, 0.2) is 24.3 Å². The van der Waals surface area contributed by atoms with Crippen molar-refractivity contribution in [1.29, 1.82) is 0 Å². The fraction of sp³-hybridized carbons (Fsp3) is 0.562. The molecule has 3 heteroatoms. The van der Waals surface area contributed by atoms with E-state index in [0.29, 0.717) is 13.0 Å². The molecule has 0 spiro atoms. The Kier molecular flexibility index (Phi) is 7.01. The van der Waals surface area contributed by atoms with Gasteiger partial charge in [0, 0.05) is 20.0 Å². The Labute approximate surface area is 116 Å². The van der Waals surface area contributed by atoms with Crippen LogP contribution in [-0.2, 0) is 4.79 Å². The van der Waals surface area contributed by atoms with E-state index in [9.17, 15) is 4.79 Å². The molecule has 0 saturated carbocycles. The lowest BCUT2D eigenvalue weighted by Crippen LogP contribution is -2.27. The SMILES string of the molecule is CCCCN(C)C(=O)CCCOc1cccc(C)c1. The highest BCUT2D eigenvalue weighted by molar-refractivity contribution is 5.75. The molecular weight excluding hydrogens is 238 g/mol. The molecule has 0 fully saturated rings. The van der Waals surface area contributed by atoms with Crippen LogP contribution in [0.2, 0.25) is 0 Å². The summed E-state index contributed by atoms with van der Waals surface area (Å²) in [6.07, 6.45) is 3.52. The number of carbonyl (C=O) groups is 1. The first-order valence-electron chi connectivity index (χ1n) is 7.07. The summed E-state index contributed by atoms with van der Waals surface area (Å²) in [7, 11) is 1.87. The maximum atomic E-state index is 11.8. The van der Waals surface area contributed by atoms with Crippen molar-refractivity contribution in [3.8, 4) is 5.75 Å². The van der Waals surface area contributed by atoms with Crippen LogP contribution >= 0.6 is 0 Å². The second kappa shape index (κ2) is 8.57. The molecule has 0 aromatic heterocycles. The number of benzene rings is 1. The Morgan fingerprint density at radius 1 is 1.32 bits per heavy atom. The lowest BCUT2D eigenvalue weighted by molar-refractivity contribution is -0.130. The van der Waals surface area contributed by atoms with Crippen LogP contribution in [0.4, 0.5) is 0 Å². The van der Waals surface area contributed by atoms with E-state index in [2.05, 4.69) is 6.92 Å². The number of aryl methyl sites for hydroxylation is 1. The predicted molar refractivity (Wildman–Crippen MR) is 78.5 cm³/mol. The van der Waals surface area contributed by atoms with Gasteiger partial charge in [0.2, 0.25) is 5.91 Å². The van der Waals surface area contributed by atoms with E-state index in [1.165, 1.54) is 5.56 Å². The van der Waals surface area contributed by atoms with Gasteiger partial charge in [-0.05, 0) is 37.5 Å². The van der Waals surface area contributed by atoms with Gasteiger partial charge in [0.1, 0.15) is 5.75 Å². The summed E-state index contributed by atoms with van der Waals surface area (Å²) in [4.78, 5) is 13.6. The van der Waals surface area contributed by atoms with E-state index in [4.69, 9.17) is 4.74 Å². The van der Waals surface area contributed by atoms with Crippen molar-refractivity contribution in [2.45, 2.75) is 39.5 Å². The first-order valence-corrected chi connectivity index (χ1v) is 7.07. The van der Waals surface area contributed by atoms with Crippen molar-refractivity contribution in [2.75, 3.05) is 20.2 Å². The number of hydrogen-bond donors (Lipinski definition) is 0. The molecule has 1 aromatic carbocycles. The minimum atomic E-state index is 0.210. The van der Waals surface area contributed by atoms with Crippen LogP contribution in [0.3, 0.4) is 0 Å². The molecule has 1 rings (SSSR count). The van der Waals surface area contributed by atoms with Gasteiger partial charge in [-0.3, -0.25) is 4.79 Å². The maximum Gasteiger partial charge on any atom is 0.222 e. The van der Waals surface area contributed by atoms with Crippen molar-refractivity contribution in [1.82, 2.24) is 4.90 Å². The molecule has 0 atom stereocenters. The Bertz CT molecular complexity index is 390. The third-order valence-electron chi connectivity index (χ3n) is 3.07. The number of hydrogen-bond acceptors (Lipinski definition) is 2. The van der Waals surface area contributed by atoms with Crippen LogP contribution in [0.1, 0.15) is 38.2 Å². The lowest BCUT2D eigenvalue weighted by atomic mass is 10.2. The van der Waals surface area contributed by atoms with Gasteiger partial charge in [-0.2, -0.15) is 0 Å². The molecule has 0 radical (unpaired) electrons. The third kappa shape index (κ3) is 6.27. The quantitative estimate of drug-likeness (QED) is 0.673. The molecule has 1 aromatic rings. The number of nitrogens with zero attached hydrogens (tertiary/aromatic N) is 1. The Morgan fingerprint density at radius 3 is 2.79 bits per heavy atom. The Balaban J connectivity index is 2.18. The fourth-order valence-electron chi connectivity index (χ4n) is 1.83. The summed E-state index contributed by atoms with van der Waals surface area (Å²) in [5.74, 6) is 1.09. The average Bonchev–Trinajstić information content (AvgIpc) is 2.40. The first-order chi connectivity index (χ1) is 9.13. The Hall–Kier alpha value is -1.51.